The summed E-state index contributed by atoms with van der Waals surface area (Å²) in [6.07, 6.45) is -2.60. The van der Waals surface area contributed by atoms with Crippen molar-refractivity contribution in [3.63, 3.8) is 0 Å². The van der Waals surface area contributed by atoms with Crippen LogP contribution in [0.25, 0.3) is 0 Å². The normalized spacial score (nSPS) is 12.0. The van der Waals surface area contributed by atoms with Crippen molar-refractivity contribution in [2.45, 2.75) is 12.2 Å². The molecular weight excluding hydrogens is 234 g/mol. The highest BCUT2D eigenvalue weighted by molar-refractivity contribution is 8.13. The number of alkyl halides is 2. The molecule has 1 rings (SSSR count). The summed E-state index contributed by atoms with van der Waals surface area (Å²) < 4.78 is 45.7. The SMILES string of the molecule is O=S(=O)(Cl)Cc1cccc(C(F)F)c1. The summed E-state index contributed by atoms with van der Waals surface area (Å²) >= 11 is 0. The van der Waals surface area contributed by atoms with Gasteiger partial charge in [0.15, 0.2) is 0 Å². The van der Waals surface area contributed by atoms with Gasteiger partial charge >= 0.3 is 0 Å². The molecule has 0 aliphatic carbocycles. The van der Waals surface area contributed by atoms with Gasteiger partial charge in [0.25, 0.3) is 6.43 Å². The summed E-state index contributed by atoms with van der Waals surface area (Å²) in [5, 5.41) is 0. The van der Waals surface area contributed by atoms with Gasteiger partial charge in [-0.05, 0) is 11.6 Å². The molecule has 0 N–H and O–H groups in total. The minimum atomic E-state index is -3.69. The van der Waals surface area contributed by atoms with Crippen molar-refractivity contribution in [3.8, 4) is 0 Å². The fraction of sp³-hybridized carbons (Fsp3) is 0.250. The van der Waals surface area contributed by atoms with Gasteiger partial charge in [0, 0.05) is 16.2 Å². The Bertz CT molecular complexity index is 417. The van der Waals surface area contributed by atoms with Gasteiger partial charge in [-0.15, -0.1) is 0 Å². The quantitative estimate of drug-likeness (QED) is 0.762. The van der Waals surface area contributed by atoms with Crippen molar-refractivity contribution in [2.75, 3.05) is 0 Å². The van der Waals surface area contributed by atoms with E-state index in [1.807, 2.05) is 0 Å². The summed E-state index contributed by atoms with van der Waals surface area (Å²) in [4.78, 5) is 0. The van der Waals surface area contributed by atoms with E-state index >= 15 is 0 Å². The van der Waals surface area contributed by atoms with Crippen LogP contribution in [0.5, 0.6) is 0 Å². The van der Waals surface area contributed by atoms with Crippen molar-refractivity contribution < 1.29 is 17.2 Å². The molecule has 0 aromatic heterocycles. The lowest BCUT2D eigenvalue weighted by Crippen LogP contribution is -1.96. The molecule has 1 aromatic rings. The number of hydrogen-bond acceptors (Lipinski definition) is 2. The van der Waals surface area contributed by atoms with Gasteiger partial charge in [-0.25, -0.2) is 17.2 Å². The standard InChI is InChI=1S/C8H7ClF2O2S/c9-14(12,13)5-6-2-1-3-7(4-6)8(10)11/h1-4,8H,5H2. The topological polar surface area (TPSA) is 34.1 Å². The van der Waals surface area contributed by atoms with Crippen molar-refractivity contribution in [1.29, 1.82) is 0 Å². The smallest absolute Gasteiger partial charge is 0.212 e. The summed E-state index contributed by atoms with van der Waals surface area (Å²) in [5.74, 6) is -0.435. The molecule has 6 heteroatoms. The van der Waals surface area contributed by atoms with E-state index in [0.717, 1.165) is 6.07 Å². The van der Waals surface area contributed by atoms with E-state index in [2.05, 4.69) is 0 Å². The van der Waals surface area contributed by atoms with E-state index < -0.39 is 21.2 Å². The van der Waals surface area contributed by atoms with Crippen molar-refractivity contribution >= 4 is 19.7 Å². The van der Waals surface area contributed by atoms with Gasteiger partial charge in [-0.3, -0.25) is 0 Å². The van der Waals surface area contributed by atoms with Crippen LogP contribution < -0.4 is 0 Å². The largest absolute Gasteiger partial charge is 0.263 e. The molecule has 0 saturated heterocycles. The van der Waals surface area contributed by atoms with E-state index in [4.69, 9.17) is 10.7 Å². The molecule has 0 aliphatic heterocycles. The lowest BCUT2D eigenvalue weighted by atomic mass is 10.1. The molecule has 0 heterocycles. The number of benzene rings is 1. The highest BCUT2D eigenvalue weighted by Gasteiger charge is 2.10. The maximum Gasteiger partial charge on any atom is 0.263 e. The zero-order valence-electron chi connectivity index (χ0n) is 6.95. The third-order valence-electron chi connectivity index (χ3n) is 1.54. The van der Waals surface area contributed by atoms with Crippen LogP contribution in [0, 0.1) is 0 Å². The van der Waals surface area contributed by atoms with Crippen molar-refractivity contribution in [1.82, 2.24) is 0 Å². The van der Waals surface area contributed by atoms with E-state index in [1.54, 1.807) is 0 Å². The average molecular weight is 241 g/mol. The van der Waals surface area contributed by atoms with Gasteiger partial charge < -0.3 is 0 Å². The van der Waals surface area contributed by atoms with Crippen LogP contribution in [0.1, 0.15) is 17.6 Å². The second kappa shape index (κ2) is 4.23. The Morgan fingerprint density at radius 2 is 2.00 bits per heavy atom. The first-order chi connectivity index (χ1) is 6.38. The second-order valence-electron chi connectivity index (χ2n) is 2.73. The minimum absolute atomic E-state index is 0.206. The fourth-order valence-corrected chi connectivity index (χ4v) is 1.97. The Hall–Kier alpha value is -0.680. The first-order valence-corrected chi connectivity index (χ1v) is 6.15. The third-order valence-corrected chi connectivity index (χ3v) is 2.55. The number of hydrogen-bond donors (Lipinski definition) is 0. The van der Waals surface area contributed by atoms with Gasteiger partial charge in [0.1, 0.15) is 0 Å². The molecule has 14 heavy (non-hydrogen) atoms. The van der Waals surface area contributed by atoms with Crippen molar-refractivity contribution in [2.24, 2.45) is 0 Å². The summed E-state index contributed by atoms with van der Waals surface area (Å²) in [6, 6.07) is 5.17. The van der Waals surface area contributed by atoms with Crippen molar-refractivity contribution in [3.05, 3.63) is 35.4 Å². The zero-order valence-corrected chi connectivity index (χ0v) is 8.52. The van der Waals surface area contributed by atoms with Gasteiger partial charge in [0.05, 0.1) is 5.75 Å². The third kappa shape index (κ3) is 3.59. The minimum Gasteiger partial charge on any atom is -0.212 e. The highest BCUT2D eigenvalue weighted by atomic mass is 35.7. The van der Waals surface area contributed by atoms with Crippen LogP contribution >= 0.6 is 10.7 Å². The highest BCUT2D eigenvalue weighted by Crippen LogP contribution is 2.20. The summed E-state index contributed by atoms with van der Waals surface area (Å²) in [6.45, 7) is 0. The number of halogens is 3. The van der Waals surface area contributed by atoms with Crippen LogP contribution in [0.3, 0.4) is 0 Å². The summed E-state index contributed by atoms with van der Waals surface area (Å²) in [7, 11) is 1.29. The fourth-order valence-electron chi connectivity index (χ4n) is 1.02. The average Bonchev–Trinajstić information content (AvgIpc) is 2.01. The van der Waals surface area contributed by atoms with Crippen LogP contribution in [0.2, 0.25) is 0 Å². The molecule has 2 nitrogen and oxygen atoms in total. The molecule has 0 atom stereocenters. The molecule has 0 bridgehead atoms. The molecule has 1 aromatic carbocycles. The summed E-state index contributed by atoms with van der Waals surface area (Å²) in [5.41, 5.74) is 0.0561. The van der Waals surface area contributed by atoms with Gasteiger partial charge in [-0.1, -0.05) is 18.2 Å². The molecule has 78 valence electrons. The Morgan fingerprint density at radius 3 is 2.50 bits per heavy atom. The van der Waals surface area contributed by atoms with E-state index in [-0.39, 0.29) is 11.1 Å². The second-order valence-corrected chi connectivity index (χ2v) is 5.51. The van der Waals surface area contributed by atoms with Crippen LogP contribution in [-0.2, 0) is 14.8 Å². The van der Waals surface area contributed by atoms with Crippen LogP contribution in [0.4, 0.5) is 8.78 Å². The Labute approximate surface area is 84.9 Å². The molecule has 0 unspecified atom stereocenters. The molecule has 0 radical (unpaired) electrons. The molecular formula is C8H7ClF2O2S. The lowest BCUT2D eigenvalue weighted by molar-refractivity contribution is 0.151. The molecule has 0 aliphatic rings. The molecule has 0 fully saturated rings. The lowest BCUT2D eigenvalue weighted by Gasteiger charge is -2.02. The predicted octanol–water partition coefficient (Wildman–Crippen LogP) is 2.69. The Morgan fingerprint density at radius 1 is 1.36 bits per heavy atom. The maximum atomic E-state index is 12.2. The Kier molecular flexibility index (Phi) is 3.44. The van der Waals surface area contributed by atoms with Gasteiger partial charge in [-0.2, -0.15) is 0 Å². The van der Waals surface area contributed by atoms with Crippen LogP contribution in [-0.4, -0.2) is 8.42 Å². The van der Waals surface area contributed by atoms with E-state index in [9.17, 15) is 17.2 Å². The number of rotatable bonds is 3. The van der Waals surface area contributed by atoms with E-state index in [1.165, 1.54) is 18.2 Å². The van der Waals surface area contributed by atoms with Gasteiger partial charge in [0.2, 0.25) is 9.05 Å². The maximum absolute atomic E-state index is 12.2. The first-order valence-electron chi connectivity index (χ1n) is 3.68. The molecule has 0 saturated carbocycles. The Balaban J connectivity index is 2.95. The molecule has 0 spiro atoms. The first kappa shape index (κ1) is 11.4. The predicted molar refractivity (Wildman–Crippen MR) is 49.9 cm³/mol. The van der Waals surface area contributed by atoms with E-state index in [0.29, 0.717) is 0 Å². The monoisotopic (exact) mass is 240 g/mol. The zero-order chi connectivity index (χ0) is 10.8. The van der Waals surface area contributed by atoms with Crippen LogP contribution in [0.15, 0.2) is 24.3 Å². The molecule has 0 amide bonds.